The molecule has 0 aliphatic carbocycles. The molecule has 5 nitrogen and oxygen atoms in total. The van der Waals surface area contributed by atoms with Gasteiger partial charge in [-0.2, -0.15) is 0 Å². The Morgan fingerprint density at radius 1 is 1.08 bits per heavy atom. The van der Waals surface area contributed by atoms with Gasteiger partial charge in [0, 0.05) is 56.7 Å². The topological polar surface area (TPSA) is 37.2 Å². The molecule has 1 saturated heterocycles. The molecule has 2 aromatic heterocycles. The number of aromatic nitrogens is 3. The normalized spacial score (nSPS) is 15.7. The van der Waals surface area contributed by atoms with E-state index in [1.54, 1.807) is 0 Å². The fourth-order valence-corrected chi connectivity index (χ4v) is 4.02. The van der Waals surface area contributed by atoms with Crippen LogP contribution in [0.15, 0.2) is 36.7 Å². The van der Waals surface area contributed by atoms with Crippen molar-refractivity contribution < 1.29 is 0 Å². The second-order valence-corrected chi connectivity index (χ2v) is 7.11. The van der Waals surface area contributed by atoms with E-state index in [1.807, 2.05) is 12.4 Å². The van der Waals surface area contributed by atoms with Gasteiger partial charge in [-0.1, -0.05) is 25.1 Å². The highest BCUT2D eigenvalue weighted by Crippen LogP contribution is 2.33. The van der Waals surface area contributed by atoms with E-state index >= 15 is 0 Å². The summed E-state index contributed by atoms with van der Waals surface area (Å²) in [5, 5.41) is 1.28. The first-order chi connectivity index (χ1) is 12.7. The second-order valence-electron chi connectivity index (χ2n) is 7.11. The van der Waals surface area contributed by atoms with Crippen LogP contribution in [-0.4, -0.2) is 45.6 Å². The summed E-state index contributed by atoms with van der Waals surface area (Å²) < 4.78 is 2.11. The van der Waals surface area contributed by atoms with Gasteiger partial charge in [0.25, 0.3) is 0 Å². The first kappa shape index (κ1) is 17.0. The van der Waals surface area contributed by atoms with Crippen LogP contribution in [0.5, 0.6) is 0 Å². The molecule has 4 rings (SSSR count). The van der Waals surface area contributed by atoms with E-state index in [9.17, 15) is 0 Å². The van der Waals surface area contributed by atoms with Crippen molar-refractivity contribution in [1.29, 1.82) is 0 Å². The lowest BCUT2D eigenvalue weighted by atomic mass is 10.0. The Morgan fingerprint density at radius 3 is 2.54 bits per heavy atom. The smallest absolute Gasteiger partial charge is 0.122 e. The zero-order valence-corrected chi connectivity index (χ0v) is 15.9. The quantitative estimate of drug-likeness (QED) is 0.725. The van der Waals surface area contributed by atoms with E-state index in [0.29, 0.717) is 0 Å². The number of anilines is 1. The van der Waals surface area contributed by atoms with Crippen LogP contribution < -0.4 is 4.90 Å². The van der Waals surface area contributed by atoms with Gasteiger partial charge in [-0.25, -0.2) is 4.98 Å². The Morgan fingerprint density at radius 2 is 1.85 bits per heavy atom. The van der Waals surface area contributed by atoms with Gasteiger partial charge >= 0.3 is 0 Å². The second kappa shape index (κ2) is 7.08. The number of nitrogens with zero attached hydrogens (tertiary/aromatic N) is 5. The third kappa shape index (κ3) is 3.07. The minimum atomic E-state index is 0.925. The first-order valence-electron chi connectivity index (χ1n) is 9.49. The average molecular weight is 349 g/mol. The summed E-state index contributed by atoms with van der Waals surface area (Å²) in [6, 6.07) is 8.55. The van der Waals surface area contributed by atoms with Crippen molar-refractivity contribution in [3.63, 3.8) is 0 Å². The zero-order chi connectivity index (χ0) is 18.1. The summed E-state index contributed by atoms with van der Waals surface area (Å²) in [7, 11) is 2.07. The van der Waals surface area contributed by atoms with Crippen molar-refractivity contribution in [2.24, 2.45) is 7.05 Å². The number of aryl methyl sites for hydroxylation is 2. The van der Waals surface area contributed by atoms with Crippen LogP contribution in [0.1, 0.15) is 24.0 Å². The number of hydrogen-bond acceptors (Lipinski definition) is 4. The number of benzene rings is 1. The maximum absolute atomic E-state index is 4.83. The summed E-state index contributed by atoms with van der Waals surface area (Å²) in [5.74, 6) is 1.14. The van der Waals surface area contributed by atoms with E-state index in [4.69, 9.17) is 4.98 Å². The van der Waals surface area contributed by atoms with Crippen molar-refractivity contribution >= 4 is 16.6 Å². The minimum absolute atomic E-state index is 0.925. The van der Waals surface area contributed by atoms with Gasteiger partial charge in [0.05, 0.1) is 17.7 Å². The monoisotopic (exact) mass is 349 g/mol. The molecule has 0 spiro atoms. The zero-order valence-electron chi connectivity index (χ0n) is 15.9. The van der Waals surface area contributed by atoms with Crippen molar-refractivity contribution in [1.82, 2.24) is 19.4 Å². The highest BCUT2D eigenvalue weighted by Gasteiger charge is 2.23. The predicted octanol–water partition coefficient (Wildman–Crippen LogP) is 3.16. The molecule has 1 aliphatic heterocycles. The lowest BCUT2D eigenvalue weighted by Crippen LogP contribution is -2.46. The van der Waals surface area contributed by atoms with Gasteiger partial charge in [0.15, 0.2) is 0 Å². The molecular weight excluding hydrogens is 322 g/mol. The van der Waals surface area contributed by atoms with Crippen molar-refractivity contribution in [2.75, 3.05) is 31.1 Å². The van der Waals surface area contributed by atoms with Gasteiger partial charge in [0.1, 0.15) is 5.82 Å². The summed E-state index contributed by atoms with van der Waals surface area (Å²) in [4.78, 5) is 14.4. The van der Waals surface area contributed by atoms with E-state index in [1.165, 1.54) is 16.6 Å². The molecule has 0 bridgehead atoms. The SMILES string of the molecule is CCc1c(C)nc2ccccc2c1N1CCN(Cc2nccn2C)CC1. The molecule has 0 radical (unpaired) electrons. The predicted molar refractivity (Wildman–Crippen MR) is 107 cm³/mol. The van der Waals surface area contributed by atoms with Crippen molar-refractivity contribution in [3.05, 3.63) is 53.7 Å². The molecule has 1 fully saturated rings. The molecule has 0 amide bonds. The summed E-state index contributed by atoms with van der Waals surface area (Å²) in [6.07, 6.45) is 4.92. The van der Waals surface area contributed by atoms with Crippen LogP contribution in [0.2, 0.25) is 0 Å². The maximum atomic E-state index is 4.83. The molecule has 136 valence electrons. The fraction of sp³-hybridized carbons (Fsp3) is 0.429. The molecule has 1 aromatic carbocycles. The van der Waals surface area contributed by atoms with Crippen molar-refractivity contribution in [3.8, 4) is 0 Å². The average Bonchev–Trinajstić information content (AvgIpc) is 3.06. The van der Waals surface area contributed by atoms with Crippen LogP contribution in [0.25, 0.3) is 10.9 Å². The highest BCUT2D eigenvalue weighted by atomic mass is 15.3. The van der Waals surface area contributed by atoms with Gasteiger partial charge in [-0.3, -0.25) is 9.88 Å². The van der Waals surface area contributed by atoms with E-state index < -0.39 is 0 Å². The Labute approximate surface area is 155 Å². The molecular formula is C21H27N5. The third-order valence-electron chi connectivity index (χ3n) is 5.50. The molecule has 3 aromatic rings. The Hall–Kier alpha value is -2.40. The van der Waals surface area contributed by atoms with Crippen LogP contribution in [0.4, 0.5) is 5.69 Å². The molecule has 5 heteroatoms. The number of piperazine rings is 1. The molecule has 0 N–H and O–H groups in total. The maximum Gasteiger partial charge on any atom is 0.122 e. The van der Waals surface area contributed by atoms with Gasteiger partial charge in [-0.05, 0) is 25.0 Å². The number of hydrogen-bond donors (Lipinski definition) is 0. The summed E-state index contributed by atoms with van der Waals surface area (Å²) in [6.45, 7) is 9.52. The largest absolute Gasteiger partial charge is 0.368 e. The summed E-state index contributed by atoms with van der Waals surface area (Å²) in [5.41, 5.74) is 5.05. The fourth-order valence-electron chi connectivity index (χ4n) is 4.02. The van der Waals surface area contributed by atoms with Crippen molar-refractivity contribution in [2.45, 2.75) is 26.8 Å². The van der Waals surface area contributed by atoms with Gasteiger partial charge in [0.2, 0.25) is 0 Å². The Balaban J connectivity index is 1.58. The molecule has 1 aliphatic rings. The van der Waals surface area contributed by atoms with Gasteiger partial charge in [-0.15, -0.1) is 0 Å². The molecule has 0 unspecified atom stereocenters. The van der Waals surface area contributed by atoms with E-state index in [-0.39, 0.29) is 0 Å². The van der Waals surface area contributed by atoms with Crippen LogP contribution in [-0.2, 0) is 20.0 Å². The van der Waals surface area contributed by atoms with Crippen LogP contribution in [0.3, 0.4) is 0 Å². The number of rotatable bonds is 4. The minimum Gasteiger partial charge on any atom is -0.368 e. The number of fused-ring (bicyclic) bond motifs is 1. The van der Waals surface area contributed by atoms with Crippen LogP contribution in [0, 0.1) is 6.92 Å². The van der Waals surface area contributed by atoms with E-state index in [2.05, 4.69) is 64.5 Å². The Kier molecular flexibility index (Phi) is 4.64. The standard InChI is InChI=1S/C21H27N5/c1-4-17-16(2)23-19-8-6-5-7-18(19)21(17)26-13-11-25(12-14-26)15-20-22-9-10-24(20)3/h5-10H,4,11-15H2,1-3H3. The number of para-hydroxylation sites is 1. The van der Waals surface area contributed by atoms with E-state index in [0.717, 1.165) is 56.2 Å². The first-order valence-corrected chi connectivity index (χ1v) is 9.49. The van der Waals surface area contributed by atoms with Gasteiger partial charge < -0.3 is 9.47 Å². The number of imidazole rings is 1. The lowest BCUT2D eigenvalue weighted by molar-refractivity contribution is 0.242. The molecule has 0 atom stereocenters. The third-order valence-corrected chi connectivity index (χ3v) is 5.50. The highest BCUT2D eigenvalue weighted by molar-refractivity contribution is 5.94. The number of pyridine rings is 1. The summed E-state index contributed by atoms with van der Waals surface area (Å²) >= 11 is 0. The molecule has 3 heterocycles. The molecule has 0 saturated carbocycles. The Bertz CT molecular complexity index is 906. The van der Waals surface area contributed by atoms with Crippen LogP contribution >= 0.6 is 0 Å². The molecule has 26 heavy (non-hydrogen) atoms. The lowest BCUT2D eigenvalue weighted by Gasteiger charge is -2.37.